The number of fused-ring (bicyclic) bond motifs is 3. The minimum Gasteiger partial charge on any atom is -0.479 e. The molecule has 2 fully saturated rings. The molecule has 8 nitrogen and oxygen atoms in total. The Labute approximate surface area is 257 Å². The molecule has 2 amide bonds. The molecule has 1 unspecified atom stereocenters. The van der Waals surface area contributed by atoms with Gasteiger partial charge in [0.1, 0.15) is 17.7 Å². The number of hydrogen-bond acceptors (Lipinski definition) is 5. The van der Waals surface area contributed by atoms with Crippen LogP contribution < -0.4 is 0 Å². The summed E-state index contributed by atoms with van der Waals surface area (Å²) in [6, 6.07) is 15.9. The summed E-state index contributed by atoms with van der Waals surface area (Å²) < 4.78 is 39.5. The Balaban J connectivity index is 1.40. The molecule has 1 saturated heterocycles. The van der Waals surface area contributed by atoms with E-state index in [0.717, 1.165) is 22.3 Å². The smallest absolute Gasteiger partial charge is 0.410 e. The Morgan fingerprint density at radius 3 is 2.09 bits per heavy atom. The summed E-state index contributed by atoms with van der Waals surface area (Å²) in [6.45, 7) is 5.62. The van der Waals surface area contributed by atoms with E-state index in [4.69, 9.17) is 9.47 Å². The second-order valence-electron chi connectivity index (χ2n) is 13.4. The fourth-order valence-electron chi connectivity index (χ4n) is 6.86. The van der Waals surface area contributed by atoms with Crippen LogP contribution in [0.2, 0.25) is 0 Å². The summed E-state index contributed by atoms with van der Waals surface area (Å²) >= 11 is 0. The number of ether oxygens (including phenoxy) is 2. The fraction of sp³-hybridized carbons (Fsp3) is 0.559. The van der Waals surface area contributed by atoms with Gasteiger partial charge in [-0.15, -0.1) is 0 Å². The van der Waals surface area contributed by atoms with Gasteiger partial charge in [0.15, 0.2) is 0 Å². The van der Waals surface area contributed by atoms with Gasteiger partial charge in [-0.05, 0) is 81.0 Å². The van der Waals surface area contributed by atoms with Crippen LogP contribution in [-0.2, 0) is 14.3 Å². The molecule has 238 valence electrons. The third-order valence-corrected chi connectivity index (χ3v) is 9.21. The van der Waals surface area contributed by atoms with Gasteiger partial charge in [-0.2, -0.15) is 0 Å². The van der Waals surface area contributed by atoms with Gasteiger partial charge >= 0.3 is 18.2 Å². The molecule has 0 spiro atoms. The normalized spacial score (nSPS) is 22.0. The SMILES string of the molecule is CC(C)(C)OC(=O)N1CCCC(C(=O)O)(N(CC2CCC(F)(F)CC2)C(=O)OCC2c3ccccc3-c3ccccc32)CC1. The molecule has 10 heteroatoms. The summed E-state index contributed by atoms with van der Waals surface area (Å²) in [4.78, 5) is 42.8. The molecule has 1 saturated carbocycles. The number of carboxylic acid groups (broad SMARTS) is 1. The molecule has 1 aliphatic heterocycles. The van der Waals surface area contributed by atoms with Crippen molar-refractivity contribution in [2.24, 2.45) is 5.92 Å². The molecular weight excluding hydrogens is 570 g/mol. The zero-order valence-corrected chi connectivity index (χ0v) is 25.7. The van der Waals surface area contributed by atoms with Crippen molar-refractivity contribution in [2.75, 3.05) is 26.2 Å². The fourth-order valence-corrected chi connectivity index (χ4v) is 6.86. The standard InChI is InChI=1S/C34H42F2N2O6/c1-32(2,3)44-30(41)37-19-8-15-33(18-20-37,29(39)40)38(21-23-13-16-34(35,36)17-14-23)31(42)43-22-28-26-11-6-4-9-24(26)25-10-5-7-12-27(25)28/h4-7,9-12,23,28H,8,13-22H2,1-3H3,(H,39,40). The minimum atomic E-state index is -2.76. The van der Waals surface area contributed by atoms with Crippen LogP contribution in [0.1, 0.15) is 82.8 Å². The highest BCUT2D eigenvalue weighted by molar-refractivity contribution is 5.85. The number of carbonyl (C=O) groups is 3. The monoisotopic (exact) mass is 612 g/mol. The van der Waals surface area contributed by atoms with Gasteiger partial charge in [-0.3, -0.25) is 4.90 Å². The molecule has 5 rings (SSSR count). The van der Waals surface area contributed by atoms with Crippen molar-refractivity contribution < 1.29 is 37.7 Å². The number of alkyl halides is 2. The van der Waals surface area contributed by atoms with E-state index in [-0.39, 0.29) is 76.6 Å². The van der Waals surface area contributed by atoms with Crippen LogP contribution in [0.15, 0.2) is 48.5 Å². The summed E-state index contributed by atoms with van der Waals surface area (Å²) in [5.74, 6) is -4.47. The zero-order chi connectivity index (χ0) is 31.7. The third kappa shape index (κ3) is 6.69. The van der Waals surface area contributed by atoms with Gasteiger partial charge in [0, 0.05) is 38.4 Å². The molecule has 0 bridgehead atoms. The van der Waals surface area contributed by atoms with Gasteiger partial charge in [0.2, 0.25) is 5.92 Å². The molecule has 3 aliphatic rings. The highest BCUT2D eigenvalue weighted by Crippen LogP contribution is 2.45. The topological polar surface area (TPSA) is 96.4 Å². The first-order valence-electron chi connectivity index (χ1n) is 15.5. The average molecular weight is 613 g/mol. The van der Waals surface area contributed by atoms with Crippen molar-refractivity contribution in [2.45, 2.75) is 88.7 Å². The molecule has 2 aliphatic carbocycles. The van der Waals surface area contributed by atoms with E-state index in [1.165, 1.54) is 9.80 Å². The van der Waals surface area contributed by atoms with Crippen LogP contribution in [-0.4, -0.2) is 76.4 Å². The van der Waals surface area contributed by atoms with Gasteiger partial charge < -0.3 is 19.5 Å². The van der Waals surface area contributed by atoms with Crippen molar-refractivity contribution in [1.82, 2.24) is 9.80 Å². The molecule has 2 aromatic rings. The average Bonchev–Trinajstić information content (AvgIpc) is 3.10. The number of halogens is 2. The van der Waals surface area contributed by atoms with E-state index in [1.54, 1.807) is 20.8 Å². The lowest BCUT2D eigenvalue weighted by Crippen LogP contribution is -2.59. The Morgan fingerprint density at radius 1 is 0.932 bits per heavy atom. The molecule has 44 heavy (non-hydrogen) atoms. The first-order chi connectivity index (χ1) is 20.8. The van der Waals surface area contributed by atoms with Crippen LogP contribution in [0, 0.1) is 5.92 Å². The lowest BCUT2D eigenvalue weighted by molar-refractivity contribution is -0.152. The van der Waals surface area contributed by atoms with E-state index < -0.39 is 35.2 Å². The zero-order valence-electron chi connectivity index (χ0n) is 25.7. The summed E-state index contributed by atoms with van der Waals surface area (Å²) in [6.07, 6.45) is -1.19. The minimum absolute atomic E-state index is 0.00578. The third-order valence-electron chi connectivity index (χ3n) is 9.21. The molecule has 0 radical (unpaired) electrons. The van der Waals surface area contributed by atoms with Crippen molar-refractivity contribution in [3.05, 3.63) is 59.7 Å². The molecular formula is C34H42F2N2O6. The Bertz CT molecular complexity index is 1340. The highest BCUT2D eigenvalue weighted by atomic mass is 19.3. The van der Waals surface area contributed by atoms with E-state index in [9.17, 15) is 28.3 Å². The number of likely N-dealkylation sites (tertiary alicyclic amines) is 1. The van der Waals surface area contributed by atoms with Crippen LogP contribution in [0.3, 0.4) is 0 Å². The number of aliphatic carboxylic acids is 1. The molecule has 2 aromatic carbocycles. The number of nitrogens with zero attached hydrogens (tertiary/aromatic N) is 2. The number of carboxylic acids is 1. The number of benzene rings is 2. The van der Waals surface area contributed by atoms with Gasteiger partial charge in [0.05, 0.1) is 0 Å². The van der Waals surface area contributed by atoms with Crippen LogP contribution >= 0.6 is 0 Å². The maximum atomic E-state index is 14.0. The summed E-state index contributed by atoms with van der Waals surface area (Å²) in [7, 11) is 0. The van der Waals surface area contributed by atoms with E-state index in [0.29, 0.717) is 6.42 Å². The van der Waals surface area contributed by atoms with E-state index >= 15 is 0 Å². The Kier molecular flexibility index (Phi) is 8.92. The lowest BCUT2D eigenvalue weighted by atomic mass is 9.83. The van der Waals surface area contributed by atoms with Crippen molar-refractivity contribution in [1.29, 1.82) is 0 Å². The number of hydrogen-bond donors (Lipinski definition) is 1. The van der Waals surface area contributed by atoms with Crippen molar-refractivity contribution >= 4 is 18.2 Å². The summed E-state index contributed by atoms with van der Waals surface area (Å²) in [5.41, 5.74) is 1.80. The van der Waals surface area contributed by atoms with E-state index in [2.05, 4.69) is 0 Å². The van der Waals surface area contributed by atoms with Crippen molar-refractivity contribution in [3.8, 4) is 11.1 Å². The maximum Gasteiger partial charge on any atom is 0.410 e. The molecule has 0 aromatic heterocycles. The van der Waals surface area contributed by atoms with E-state index in [1.807, 2.05) is 48.5 Å². The number of rotatable bonds is 6. The second-order valence-corrected chi connectivity index (χ2v) is 13.4. The first-order valence-corrected chi connectivity index (χ1v) is 15.5. The molecule has 1 N–H and O–H groups in total. The summed E-state index contributed by atoms with van der Waals surface area (Å²) in [5, 5.41) is 10.7. The molecule has 1 heterocycles. The van der Waals surface area contributed by atoms with Crippen LogP contribution in [0.25, 0.3) is 11.1 Å². The Hall–Kier alpha value is -3.69. The maximum absolute atomic E-state index is 14.0. The van der Waals surface area contributed by atoms with Crippen LogP contribution in [0.5, 0.6) is 0 Å². The quantitative estimate of drug-likeness (QED) is 0.368. The number of carbonyl (C=O) groups excluding carboxylic acids is 2. The number of amides is 2. The van der Waals surface area contributed by atoms with Crippen LogP contribution in [0.4, 0.5) is 18.4 Å². The largest absolute Gasteiger partial charge is 0.479 e. The van der Waals surface area contributed by atoms with Gasteiger partial charge in [-0.25, -0.2) is 23.2 Å². The van der Waals surface area contributed by atoms with Gasteiger partial charge in [-0.1, -0.05) is 48.5 Å². The van der Waals surface area contributed by atoms with Gasteiger partial charge in [0.25, 0.3) is 0 Å². The highest BCUT2D eigenvalue weighted by Gasteiger charge is 2.50. The predicted octanol–water partition coefficient (Wildman–Crippen LogP) is 7.31. The Morgan fingerprint density at radius 2 is 1.52 bits per heavy atom. The first kappa shape index (κ1) is 31.7. The van der Waals surface area contributed by atoms with Crippen molar-refractivity contribution in [3.63, 3.8) is 0 Å². The lowest BCUT2D eigenvalue weighted by Gasteiger charge is -2.42. The predicted molar refractivity (Wildman–Crippen MR) is 161 cm³/mol. The second kappa shape index (κ2) is 12.4. The molecule has 1 atom stereocenters.